The van der Waals surface area contributed by atoms with E-state index in [2.05, 4.69) is 6.92 Å². The number of methoxy groups -OCH3 is 1. The van der Waals surface area contributed by atoms with Gasteiger partial charge in [0.2, 0.25) is 0 Å². The molecule has 0 radical (unpaired) electrons. The summed E-state index contributed by atoms with van der Waals surface area (Å²) in [6, 6.07) is 6.63. The first-order chi connectivity index (χ1) is 9.26. The van der Waals surface area contributed by atoms with E-state index >= 15 is 0 Å². The van der Waals surface area contributed by atoms with Crippen molar-refractivity contribution >= 4 is 11.8 Å². The Labute approximate surface area is 120 Å². The maximum absolute atomic E-state index is 12.8. The smallest absolute Gasteiger partial charge is 0.123 e. The van der Waals surface area contributed by atoms with Crippen LogP contribution in [0.5, 0.6) is 0 Å². The standard InChI is InChI=1S/C16H25FOS/c1-3-4-5-6-7-8-9-16(18-2)19-15-12-10-14(17)11-13-15/h10-13,16H,3-9H2,1-2H3. The molecule has 0 aliphatic rings. The molecule has 0 heterocycles. The lowest BCUT2D eigenvalue weighted by atomic mass is 10.1. The Kier molecular flexibility index (Phi) is 8.93. The lowest BCUT2D eigenvalue weighted by molar-refractivity contribution is 0.163. The van der Waals surface area contributed by atoms with E-state index in [9.17, 15) is 4.39 Å². The molecule has 108 valence electrons. The van der Waals surface area contributed by atoms with Crippen molar-refractivity contribution in [3.05, 3.63) is 30.1 Å². The average Bonchev–Trinajstić information content (AvgIpc) is 2.43. The average molecular weight is 284 g/mol. The van der Waals surface area contributed by atoms with Crippen molar-refractivity contribution in [3.8, 4) is 0 Å². The number of benzene rings is 1. The lowest BCUT2D eigenvalue weighted by Gasteiger charge is -2.14. The Morgan fingerprint density at radius 3 is 2.32 bits per heavy atom. The first kappa shape index (κ1) is 16.5. The van der Waals surface area contributed by atoms with E-state index in [1.165, 1.54) is 50.7 Å². The summed E-state index contributed by atoms with van der Waals surface area (Å²) in [6.07, 6.45) is 8.86. The molecule has 0 aliphatic carbocycles. The van der Waals surface area contributed by atoms with Crippen LogP contribution in [0.1, 0.15) is 51.9 Å². The van der Waals surface area contributed by atoms with Gasteiger partial charge in [0, 0.05) is 12.0 Å². The molecule has 1 aromatic carbocycles. The molecule has 0 spiro atoms. The van der Waals surface area contributed by atoms with Crippen molar-refractivity contribution in [2.45, 2.75) is 62.2 Å². The fourth-order valence-electron chi connectivity index (χ4n) is 1.98. The van der Waals surface area contributed by atoms with E-state index in [-0.39, 0.29) is 11.3 Å². The highest BCUT2D eigenvalue weighted by Crippen LogP contribution is 2.27. The summed E-state index contributed by atoms with van der Waals surface area (Å²) in [6.45, 7) is 2.24. The number of hydrogen-bond donors (Lipinski definition) is 0. The summed E-state index contributed by atoms with van der Waals surface area (Å²) in [5.74, 6) is -0.186. The summed E-state index contributed by atoms with van der Waals surface area (Å²) in [5.41, 5.74) is 0.177. The molecule has 19 heavy (non-hydrogen) atoms. The summed E-state index contributed by atoms with van der Waals surface area (Å²) >= 11 is 1.68. The van der Waals surface area contributed by atoms with Gasteiger partial charge in [0.1, 0.15) is 11.3 Å². The predicted octanol–water partition coefficient (Wildman–Crippen LogP) is 5.64. The van der Waals surface area contributed by atoms with Crippen LogP contribution in [-0.2, 0) is 4.74 Å². The quantitative estimate of drug-likeness (QED) is 0.312. The molecule has 1 nitrogen and oxygen atoms in total. The zero-order valence-corrected chi connectivity index (χ0v) is 12.8. The first-order valence-electron chi connectivity index (χ1n) is 7.21. The number of halogens is 1. The summed E-state index contributed by atoms with van der Waals surface area (Å²) in [7, 11) is 1.75. The predicted molar refractivity (Wildman–Crippen MR) is 81.0 cm³/mol. The molecule has 0 aliphatic heterocycles. The molecule has 1 unspecified atom stereocenters. The van der Waals surface area contributed by atoms with Gasteiger partial charge in [0.25, 0.3) is 0 Å². The molecule has 0 aromatic heterocycles. The minimum Gasteiger partial charge on any atom is -0.370 e. The number of hydrogen-bond acceptors (Lipinski definition) is 2. The monoisotopic (exact) mass is 284 g/mol. The van der Waals surface area contributed by atoms with Gasteiger partial charge in [0.05, 0.1) is 0 Å². The second-order valence-electron chi connectivity index (χ2n) is 4.79. The second kappa shape index (κ2) is 10.3. The zero-order chi connectivity index (χ0) is 13.9. The highest BCUT2D eigenvalue weighted by molar-refractivity contribution is 7.99. The van der Waals surface area contributed by atoms with Crippen LogP contribution in [0.3, 0.4) is 0 Å². The van der Waals surface area contributed by atoms with E-state index in [0.29, 0.717) is 0 Å². The van der Waals surface area contributed by atoms with Crippen LogP contribution in [0.25, 0.3) is 0 Å². The number of thioether (sulfide) groups is 1. The van der Waals surface area contributed by atoms with Crippen LogP contribution in [0.2, 0.25) is 0 Å². The van der Waals surface area contributed by atoms with E-state index in [0.717, 1.165) is 11.3 Å². The minimum absolute atomic E-state index is 0.177. The van der Waals surface area contributed by atoms with Gasteiger partial charge in [-0.25, -0.2) is 4.39 Å². The molecule has 0 saturated carbocycles. The van der Waals surface area contributed by atoms with Crippen molar-refractivity contribution in [1.29, 1.82) is 0 Å². The number of rotatable bonds is 10. The Balaban J connectivity index is 2.20. The van der Waals surface area contributed by atoms with E-state index in [1.54, 1.807) is 18.9 Å². The molecule has 1 atom stereocenters. The third kappa shape index (κ3) is 7.58. The van der Waals surface area contributed by atoms with Crippen LogP contribution >= 0.6 is 11.8 Å². The summed E-state index contributed by atoms with van der Waals surface area (Å²) < 4.78 is 18.3. The molecule has 3 heteroatoms. The van der Waals surface area contributed by atoms with Gasteiger partial charge in [-0.2, -0.15) is 0 Å². The Morgan fingerprint density at radius 2 is 1.68 bits per heavy atom. The molecule has 1 rings (SSSR count). The second-order valence-corrected chi connectivity index (χ2v) is 6.03. The van der Waals surface area contributed by atoms with Gasteiger partial charge >= 0.3 is 0 Å². The highest BCUT2D eigenvalue weighted by Gasteiger charge is 2.09. The van der Waals surface area contributed by atoms with E-state index in [1.807, 2.05) is 12.1 Å². The molecule has 1 aromatic rings. The molecule has 0 saturated heterocycles. The minimum atomic E-state index is -0.186. The molecule has 0 amide bonds. The van der Waals surface area contributed by atoms with E-state index < -0.39 is 0 Å². The van der Waals surface area contributed by atoms with Gasteiger partial charge in [-0.05, 0) is 37.1 Å². The van der Waals surface area contributed by atoms with Crippen LogP contribution in [-0.4, -0.2) is 12.5 Å². The van der Waals surface area contributed by atoms with Gasteiger partial charge in [0.15, 0.2) is 0 Å². The SMILES string of the molecule is CCCCCCCCC(OC)Sc1ccc(F)cc1. The molecule has 0 bridgehead atoms. The molecular formula is C16H25FOS. The number of ether oxygens (including phenoxy) is 1. The molecule has 0 N–H and O–H groups in total. The maximum atomic E-state index is 12.8. The van der Waals surface area contributed by atoms with Crippen LogP contribution in [0.15, 0.2) is 29.2 Å². The van der Waals surface area contributed by atoms with Crippen molar-refractivity contribution in [2.75, 3.05) is 7.11 Å². The van der Waals surface area contributed by atoms with Crippen molar-refractivity contribution in [2.24, 2.45) is 0 Å². The number of unbranched alkanes of at least 4 members (excludes halogenated alkanes) is 5. The normalized spacial score (nSPS) is 12.6. The fraction of sp³-hybridized carbons (Fsp3) is 0.625. The van der Waals surface area contributed by atoms with E-state index in [4.69, 9.17) is 4.74 Å². The van der Waals surface area contributed by atoms with Crippen LogP contribution in [0, 0.1) is 5.82 Å². The third-order valence-electron chi connectivity index (χ3n) is 3.14. The van der Waals surface area contributed by atoms with Gasteiger partial charge in [-0.3, -0.25) is 0 Å². The van der Waals surface area contributed by atoms with Crippen LogP contribution < -0.4 is 0 Å². The Bertz CT molecular complexity index is 326. The maximum Gasteiger partial charge on any atom is 0.123 e. The zero-order valence-electron chi connectivity index (χ0n) is 12.0. The first-order valence-corrected chi connectivity index (χ1v) is 8.09. The lowest BCUT2D eigenvalue weighted by Crippen LogP contribution is -2.05. The molecule has 0 fully saturated rings. The van der Waals surface area contributed by atoms with Crippen molar-refractivity contribution < 1.29 is 9.13 Å². The summed E-state index contributed by atoms with van der Waals surface area (Å²) in [4.78, 5) is 1.07. The Morgan fingerprint density at radius 1 is 1.05 bits per heavy atom. The van der Waals surface area contributed by atoms with Gasteiger partial charge in [-0.15, -0.1) is 0 Å². The Hall–Kier alpha value is -0.540. The third-order valence-corrected chi connectivity index (χ3v) is 4.37. The highest BCUT2D eigenvalue weighted by atomic mass is 32.2. The van der Waals surface area contributed by atoms with Crippen LogP contribution in [0.4, 0.5) is 4.39 Å². The summed E-state index contributed by atoms with van der Waals surface area (Å²) in [5, 5.41) is 0. The van der Waals surface area contributed by atoms with Gasteiger partial charge in [-0.1, -0.05) is 50.8 Å². The van der Waals surface area contributed by atoms with Crippen molar-refractivity contribution in [3.63, 3.8) is 0 Å². The largest absolute Gasteiger partial charge is 0.370 e. The van der Waals surface area contributed by atoms with Gasteiger partial charge < -0.3 is 4.74 Å². The molecular weight excluding hydrogens is 259 g/mol. The van der Waals surface area contributed by atoms with Crippen molar-refractivity contribution in [1.82, 2.24) is 0 Å². The fourth-order valence-corrected chi connectivity index (χ4v) is 2.96. The topological polar surface area (TPSA) is 9.23 Å².